The first-order chi connectivity index (χ1) is 11.3. The van der Waals surface area contributed by atoms with Gasteiger partial charge in [-0.15, -0.1) is 0 Å². The topological polar surface area (TPSA) is 101 Å². The maximum atomic E-state index is 12.7. The Morgan fingerprint density at radius 1 is 1.42 bits per heavy atom. The lowest BCUT2D eigenvalue weighted by Crippen LogP contribution is -2.34. The lowest BCUT2D eigenvalue weighted by Gasteiger charge is -2.13. The number of furan rings is 1. The molecule has 0 unspecified atom stereocenters. The van der Waals surface area contributed by atoms with Crippen molar-refractivity contribution in [3.63, 3.8) is 0 Å². The number of aromatic amines is 1. The van der Waals surface area contributed by atoms with Crippen LogP contribution >= 0.6 is 0 Å². The maximum Gasteiger partial charge on any atom is 0.355 e. The zero-order valence-electron chi connectivity index (χ0n) is 14.2. The summed E-state index contributed by atoms with van der Waals surface area (Å²) >= 11 is 0. The Morgan fingerprint density at radius 2 is 2.12 bits per heavy atom. The summed E-state index contributed by atoms with van der Waals surface area (Å²) in [4.78, 5) is 14.8. The van der Waals surface area contributed by atoms with Crippen LogP contribution in [0.1, 0.15) is 41.4 Å². The van der Waals surface area contributed by atoms with E-state index >= 15 is 0 Å². The van der Waals surface area contributed by atoms with Gasteiger partial charge in [0.05, 0.1) is 12.9 Å². The summed E-state index contributed by atoms with van der Waals surface area (Å²) in [5.74, 6) is 0.128. The van der Waals surface area contributed by atoms with Gasteiger partial charge in [-0.1, -0.05) is 0 Å². The van der Waals surface area contributed by atoms with Crippen LogP contribution in [0.2, 0.25) is 0 Å². The normalized spacial score (nSPS) is 13.0. The monoisotopic (exact) mass is 354 g/mol. The number of esters is 1. The number of rotatable bonds is 7. The third-order valence-electron chi connectivity index (χ3n) is 3.56. The van der Waals surface area contributed by atoms with Crippen LogP contribution in [0.3, 0.4) is 0 Å². The molecule has 7 nitrogen and oxygen atoms in total. The van der Waals surface area contributed by atoms with Crippen LogP contribution in [-0.4, -0.2) is 32.0 Å². The van der Waals surface area contributed by atoms with Crippen LogP contribution in [0, 0.1) is 13.8 Å². The van der Waals surface area contributed by atoms with Gasteiger partial charge in [-0.25, -0.2) is 17.9 Å². The molecule has 0 aliphatic carbocycles. The van der Waals surface area contributed by atoms with Gasteiger partial charge in [-0.2, -0.15) is 0 Å². The lowest BCUT2D eigenvalue weighted by molar-refractivity contribution is 0.0519. The first-order valence-corrected chi connectivity index (χ1v) is 9.15. The summed E-state index contributed by atoms with van der Waals surface area (Å²) in [6, 6.07) is 3.18. The molecule has 0 bridgehead atoms. The Kier molecular flexibility index (Phi) is 5.51. The highest BCUT2D eigenvalue weighted by Crippen LogP contribution is 2.24. The third-order valence-corrected chi connectivity index (χ3v) is 5.42. The first kappa shape index (κ1) is 18.3. The fourth-order valence-electron chi connectivity index (χ4n) is 2.64. The number of carbonyl (C=O) groups is 1. The second-order valence-electron chi connectivity index (χ2n) is 5.61. The van der Waals surface area contributed by atoms with E-state index in [1.54, 1.807) is 46.1 Å². The number of carbonyl (C=O) groups excluding carboxylic acids is 1. The highest BCUT2D eigenvalue weighted by atomic mass is 32.2. The average Bonchev–Trinajstić information content (AvgIpc) is 3.06. The maximum absolute atomic E-state index is 12.7. The minimum atomic E-state index is -3.78. The summed E-state index contributed by atoms with van der Waals surface area (Å²) in [6.07, 6.45) is 1.97. The van der Waals surface area contributed by atoms with E-state index in [-0.39, 0.29) is 23.2 Å². The number of hydrogen-bond acceptors (Lipinski definition) is 5. The molecule has 24 heavy (non-hydrogen) atoms. The minimum Gasteiger partial charge on any atom is -0.469 e. The van der Waals surface area contributed by atoms with Crippen molar-refractivity contribution < 1.29 is 22.4 Å². The van der Waals surface area contributed by atoms with Gasteiger partial charge in [0.15, 0.2) is 0 Å². The molecule has 2 heterocycles. The van der Waals surface area contributed by atoms with Gasteiger partial charge in [0.1, 0.15) is 16.3 Å². The number of aryl methyl sites for hydroxylation is 1. The SMILES string of the molecule is CCOC(=O)c1[nH]c(C)c(S(=O)(=O)N[C@@H](C)Cc2ccco2)c1C. The van der Waals surface area contributed by atoms with Crippen molar-refractivity contribution in [2.24, 2.45) is 0 Å². The predicted octanol–water partition coefficient (Wildman–Crippen LogP) is 2.31. The van der Waals surface area contributed by atoms with E-state index in [4.69, 9.17) is 9.15 Å². The molecular formula is C16H22N2O5S. The van der Waals surface area contributed by atoms with Crippen molar-refractivity contribution in [2.75, 3.05) is 6.61 Å². The summed E-state index contributed by atoms with van der Waals surface area (Å²) in [6.45, 7) is 6.86. The van der Waals surface area contributed by atoms with E-state index in [1.165, 1.54) is 0 Å². The van der Waals surface area contributed by atoms with Gasteiger partial charge in [-0.3, -0.25) is 0 Å². The zero-order chi connectivity index (χ0) is 17.9. The van der Waals surface area contributed by atoms with E-state index in [0.717, 1.165) is 0 Å². The van der Waals surface area contributed by atoms with Gasteiger partial charge >= 0.3 is 5.97 Å². The number of H-pyrrole nitrogens is 1. The van der Waals surface area contributed by atoms with E-state index in [9.17, 15) is 13.2 Å². The van der Waals surface area contributed by atoms with E-state index in [0.29, 0.717) is 23.4 Å². The summed E-state index contributed by atoms with van der Waals surface area (Å²) < 4.78 is 38.2. The smallest absolute Gasteiger partial charge is 0.355 e. The Morgan fingerprint density at radius 3 is 2.71 bits per heavy atom. The van der Waals surface area contributed by atoms with Crippen LogP contribution in [0.15, 0.2) is 27.7 Å². The van der Waals surface area contributed by atoms with Crippen molar-refractivity contribution in [3.8, 4) is 0 Å². The molecule has 0 saturated carbocycles. The second kappa shape index (κ2) is 7.23. The van der Waals surface area contributed by atoms with Crippen LogP contribution in [0.5, 0.6) is 0 Å². The number of nitrogens with one attached hydrogen (secondary N) is 2. The van der Waals surface area contributed by atoms with Crippen LogP contribution in [-0.2, 0) is 21.2 Å². The summed E-state index contributed by atoms with van der Waals surface area (Å²) in [7, 11) is -3.78. The fourth-order valence-corrected chi connectivity index (χ4v) is 4.33. The van der Waals surface area contributed by atoms with Gasteiger partial charge in [0.2, 0.25) is 10.0 Å². The number of hydrogen-bond donors (Lipinski definition) is 2. The largest absolute Gasteiger partial charge is 0.469 e. The standard InChI is InChI=1S/C16H22N2O5S/c1-5-22-16(19)14-11(3)15(12(4)17-14)24(20,21)18-10(2)9-13-7-6-8-23-13/h6-8,10,17-18H,5,9H2,1-4H3/t10-/m0/s1. The number of ether oxygens (including phenoxy) is 1. The van der Waals surface area contributed by atoms with Crippen molar-refractivity contribution in [3.05, 3.63) is 41.1 Å². The van der Waals surface area contributed by atoms with Gasteiger partial charge < -0.3 is 14.1 Å². The predicted molar refractivity (Wildman–Crippen MR) is 88.4 cm³/mol. The zero-order valence-corrected chi connectivity index (χ0v) is 15.0. The number of aromatic nitrogens is 1. The average molecular weight is 354 g/mol. The number of sulfonamides is 1. The Balaban J connectivity index is 2.24. The molecule has 132 valence electrons. The Bertz CT molecular complexity index is 806. The molecule has 0 saturated heterocycles. The summed E-state index contributed by atoms with van der Waals surface area (Å²) in [5.41, 5.74) is 0.908. The molecule has 0 spiro atoms. The molecule has 0 aliphatic heterocycles. The highest BCUT2D eigenvalue weighted by molar-refractivity contribution is 7.89. The Labute approximate surface area is 141 Å². The van der Waals surface area contributed by atoms with Crippen molar-refractivity contribution in [2.45, 2.75) is 45.1 Å². The minimum absolute atomic E-state index is 0.0804. The molecule has 2 aromatic rings. The lowest BCUT2D eigenvalue weighted by atomic mass is 10.2. The quantitative estimate of drug-likeness (QED) is 0.743. The third kappa shape index (κ3) is 3.88. The van der Waals surface area contributed by atoms with E-state index < -0.39 is 16.0 Å². The van der Waals surface area contributed by atoms with Crippen molar-refractivity contribution in [1.82, 2.24) is 9.71 Å². The van der Waals surface area contributed by atoms with Crippen molar-refractivity contribution in [1.29, 1.82) is 0 Å². The first-order valence-electron chi connectivity index (χ1n) is 7.67. The molecule has 0 aromatic carbocycles. The van der Waals surface area contributed by atoms with E-state index in [2.05, 4.69) is 9.71 Å². The molecule has 0 aliphatic rings. The van der Waals surface area contributed by atoms with Gasteiger partial charge in [0.25, 0.3) is 0 Å². The molecular weight excluding hydrogens is 332 g/mol. The van der Waals surface area contributed by atoms with E-state index in [1.807, 2.05) is 0 Å². The molecule has 2 N–H and O–H groups in total. The highest BCUT2D eigenvalue weighted by Gasteiger charge is 2.28. The van der Waals surface area contributed by atoms with Gasteiger partial charge in [-0.05, 0) is 39.8 Å². The fraction of sp³-hybridized carbons (Fsp3) is 0.438. The van der Waals surface area contributed by atoms with Gasteiger partial charge in [0, 0.05) is 23.7 Å². The molecule has 1 atom stereocenters. The molecule has 2 rings (SSSR count). The van der Waals surface area contributed by atoms with Crippen LogP contribution in [0.4, 0.5) is 0 Å². The van der Waals surface area contributed by atoms with Crippen LogP contribution in [0.25, 0.3) is 0 Å². The van der Waals surface area contributed by atoms with Crippen LogP contribution < -0.4 is 4.72 Å². The molecule has 0 radical (unpaired) electrons. The second-order valence-corrected chi connectivity index (χ2v) is 7.26. The molecule has 0 amide bonds. The van der Waals surface area contributed by atoms with Crippen molar-refractivity contribution >= 4 is 16.0 Å². The summed E-state index contributed by atoms with van der Waals surface area (Å²) in [5, 5.41) is 0. The molecule has 8 heteroatoms. The molecule has 0 fully saturated rings. The molecule has 2 aromatic heterocycles. The Hall–Kier alpha value is -2.06.